The van der Waals surface area contributed by atoms with E-state index in [1.807, 2.05) is 0 Å². The standard InChI is InChI=1S/C18H40N4O4/c1-16(2)22(9-13-26-11-6-19)15-18(3,4)21-8-12-25-10-5-7-20-17(24)14-23/h16,21,23H,5-15,19H2,1-4H3,(H,20,24). The van der Waals surface area contributed by atoms with Gasteiger partial charge in [-0.2, -0.15) is 0 Å². The van der Waals surface area contributed by atoms with Gasteiger partial charge in [0, 0.05) is 50.9 Å². The van der Waals surface area contributed by atoms with Gasteiger partial charge in [0.25, 0.3) is 0 Å². The van der Waals surface area contributed by atoms with Crippen LogP contribution in [-0.4, -0.2) is 93.3 Å². The maximum atomic E-state index is 10.9. The molecule has 0 heterocycles. The number of carbonyl (C=O) groups excluding carboxylic acids is 1. The Bertz CT molecular complexity index is 354. The van der Waals surface area contributed by atoms with Crippen molar-refractivity contribution in [2.75, 3.05) is 65.8 Å². The lowest BCUT2D eigenvalue weighted by Crippen LogP contribution is -2.52. The molecule has 0 aromatic carbocycles. The van der Waals surface area contributed by atoms with Gasteiger partial charge >= 0.3 is 0 Å². The second kappa shape index (κ2) is 15.3. The topological polar surface area (TPSA) is 109 Å². The largest absolute Gasteiger partial charge is 0.387 e. The number of hydrogen-bond acceptors (Lipinski definition) is 7. The molecule has 0 aliphatic carbocycles. The SMILES string of the molecule is CC(C)N(CCOCCN)CC(C)(C)NCCOCCCNC(=O)CO. The van der Waals surface area contributed by atoms with E-state index in [0.717, 1.165) is 26.1 Å². The summed E-state index contributed by atoms with van der Waals surface area (Å²) in [5, 5.41) is 14.7. The van der Waals surface area contributed by atoms with Gasteiger partial charge in [-0.05, 0) is 34.1 Å². The number of amides is 1. The molecule has 8 nitrogen and oxygen atoms in total. The van der Waals surface area contributed by atoms with Crippen LogP contribution in [0.4, 0.5) is 0 Å². The van der Waals surface area contributed by atoms with E-state index in [1.54, 1.807) is 0 Å². The van der Waals surface area contributed by atoms with Gasteiger partial charge in [0.15, 0.2) is 0 Å². The number of nitrogens with one attached hydrogen (secondary N) is 2. The van der Waals surface area contributed by atoms with Crippen LogP contribution in [0, 0.1) is 0 Å². The fourth-order valence-corrected chi connectivity index (χ4v) is 2.47. The lowest BCUT2D eigenvalue weighted by atomic mass is 10.0. The van der Waals surface area contributed by atoms with Crippen molar-refractivity contribution in [2.45, 2.75) is 45.7 Å². The third kappa shape index (κ3) is 14.4. The van der Waals surface area contributed by atoms with Gasteiger partial charge in [-0.1, -0.05) is 0 Å². The molecule has 0 saturated heterocycles. The molecule has 156 valence electrons. The van der Waals surface area contributed by atoms with Crippen LogP contribution in [0.2, 0.25) is 0 Å². The summed E-state index contributed by atoms with van der Waals surface area (Å²) >= 11 is 0. The Kier molecular flexibility index (Phi) is 14.9. The van der Waals surface area contributed by atoms with Gasteiger partial charge in [0.05, 0.1) is 19.8 Å². The number of rotatable bonds is 17. The van der Waals surface area contributed by atoms with Crippen LogP contribution in [0.5, 0.6) is 0 Å². The molecule has 0 aliphatic rings. The third-order valence-electron chi connectivity index (χ3n) is 3.89. The molecule has 1 amide bonds. The Morgan fingerprint density at radius 1 is 1.15 bits per heavy atom. The minimum atomic E-state index is -0.466. The summed E-state index contributed by atoms with van der Waals surface area (Å²) in [4.78, 5) is 13.3. The molecule has 0 aromatic heterocycles. The van der Waals surface area contributed by atoms with Gasteiger partial charge in [0.1, 0.15) is 6.61 Å². The van der Waals surface area contributed by atoms with Crippen molar-refractivity contribution in [1.29, 1.82) is 0 Å². The van der Waals surface area contributed by atoms with Gasteiger partial charge in [-0.3, -0.25) is 9.69 Å². The van der Waals surface area contributed by atoms with Crippen LogP contribution in [-0.2, 0) is 14.3 Å². The van der Waals surface area contributed by atoms with Gasteiger partial charge < -0.3 is 30.9 Å². The monoisotopic (exact) mass is 376 g/mol. The van der Waals surface area contributed by atoms with E-state index < -0.39 is 6.61 Å². The quantitative estimate of drug-likeness (QED) is 0.255. The van der Waals surface area contributed by atoms with Crippen molar-refractivity contribution in [3.05, 3.63) is 0 Å². The molecule has 0 radical (unpaired) electrons. The molecule has 0 spiro atoms. The highest BCUT2D eigenvalue weighted by atomic mass is 16.5. The van der Waals surface area contributed by atoms with E-state index >= 15 is 0 Å². The minimum absolute atomic E-state index is 0.0312. The van der Waals surface area contributed by atoms with E-state index in [2.05, 4.69) is 43.2 Å². The van der Waals surface area contributed by atoms with Crippen LogP contribution in [0.25, 0.3) is 0 Å². The molecule has 0 atom stereocenters. The van der Waals surface area contributed by atoms with Crippen molar-refractivity contribution in [3.63, 3.8) is 0 Å². The summed E-state index contributed by atoms with van der Waals surface area (Å²) in [6.45, 7) is 14.5. The Morgan fingerprint density at radius 2 is 1.85 bits per heavy atom. The molecule has 0 unspecified atom stereocenters. The number of aliphatic hydroxyl groups excluding tert-OH is 1. The molecule has 0 aromatic rings. The Morgan fingerprint density at radius 3 is 2.46 bits per heavy atom. The molecule has 0 fully saturated rings. The zero-order valence-corrected chi connectivity index (χ0v) is 17.1. The molecule has 26 heavy (non-hydrogen) atoms. The molecule has 5 N–H and O–H groups in total. The van der Waals surface area contributed by atoms with Crippen molar-refractivity contribution in [3.8, 4) is 0 Å². The molecule has 0 rings (SSSR count). The summed E-state index contributed by atoms with van der Waals surface area (Å²) in [6, 6.07) is 0.447. The first-order chi connectivity index (χ1) is 12.3. The highest BCUT2D eigenvalue weighted by molar-refractivity contribution is 5.76. The first kappa shape index (κ1) is 25.2. The normalized spacial score (nSPS) is 12.2. The summed E-state index contributed by atoms with van der Waals surface area (Å²) < 4.78 is 11.1. The van der Waals surface area contributed by atoms with E-state index in [4.69, 9.17) is 20.3 Å². The van der Waals surface area contributed by atoms with Crippen LogP contribution in [0.1, 0.15) is 34.1 Å². The van der Waals surface area contributed by atoms with Gasteiger partial charge in [-0.25, -0.2) is 0 Å². The number of aliphatic hydroxyl groups is 1. The van der Waals surface area contributed by atoms with Crippen molar-refractivity contribution < 1.29 is 19.4 Å². The summed E-state index contributed by atoms with van der Waals surface area (Å²) in [7, 11) is 0. The number of nitrogens with two attached hydrogens (primary N) is 1. The first-order valence-corrected chi connectivity index (χ1v) is 9.54. The summed E-state index contributed by atoms with van der Waals surface area (Å²) in [5.74, 6) is -0.350. The zero-order valence-electron chi connectivity index (χ0n) is 17.1. The van der Waals surface area contributed by atoms with Crippen LogP contribution < -0.4 is 16.4 Å². The molecule has 8 heteroatoms. The van der Waals surface area contributed by atoms with Crippen molar-refractivity contribution >= 4 is 5.91 Å². The highest BCUT2D eigenvalue weighted by Crippen LogP contribution is 2.09. The molecule has 0 aliphatic heterocycles. The van der Waals surface area contributed by atoms with E-state index in [1.165, 1.54) is 0 Å². The van der Waals surface area contributed by atoms with Crippen LogP contribution in [0.15, 0.2) is 0 Å². The van der Waals surface area contributed by atoms with Gasteiger partial charge in [-0.15, -0.1) is 0 Å². The number of ether oxygens (including phenoxy) is 2. The van der Waals surface area contributed by atoms with Gasteiger partial charge in [0.2, 0.25) is 5.91 Å². The summed E-state index contributed by atoms with van der Waals surface area (Å²) in [6.07, 6.45) is 0.735. The smallest absolute Gasteiger partial charge is 0.245 e. The second-order valence-electron chi connectivity index (χ2n) is 7.25. The lowest BCUT2D eigenvalue weighted by Gasteiger charge is -2.36. The van der Waals surface area contributed by atoms with Crippen LogP contribution >= 0.6 is 0 Å². The average Bonchev–Trinajstić information content (AvgIpc) is 2.59. The highest BCUT2D eigenvalue weighted by Gasteiger charge is 2.22. The van der Waals surface area contributed by atoms with E-state index in [9.17, 15) is 4.79 Å². The third-order valence-corrected chi connectivity index (χ3v) is 3.89. The fourth-order valence-electron chi connectivity index (χ4n) is 2.47. The predicted molar refractivity (Wildman–Crippen MR) is 104 cm³/mol. The maximum Gasteiger partial charge on any atom is 0.245 e. The van der Waals surface area contributed by atoms with Crippen molar-refractivity contribution in [2.24, 2.45) is 5.73 Å². The second-order valence-corrected chi connectivity index (χ2v) is 7.25. The zero-order chi connectivity index (χ0) is 19.8. The maximum absolute atomic E-state index is 10.9. The number of hydrogen-bond donors (Lipinski definition) is 4. The number of carbonyl (C=O) groups is 1. The Balaban J connectivity index is 3.87. The average molecular weight is 377 g/mol. The Hall–Kier alpha value is -0.770. The van der Waals surface area contributed by atoms with Crippen LogP contribution in [0.3, 0.4) is 0 Å². The molecule has 0 saturated carbocycles. The lowest BCUT2D eigenvalue weighted by molar-refractivity contribution is -0.123. The summed E-state index contributed by atoms with van der Waals surface area (Å²) in [5.41, 5.74) is 5.41. The molecule has 0 bridgehead atoms. The predicted octanol–water partition coefficient (Wildman–Crippen LogP) is -0.444. The van der Waals surface area contributed by atoms with Crippen molar-refractivity contribution in [1.82, 2.24) is 15.5 Å². The molecular formula is C18H40N4O4. The van der Waals surface area contributed by atoms with E-state index in [0.29, 0.717) is 45.6 Å². The number of nitrogens with zero attached hydrogens (tertiary/aromatic N) is 1. The van der Waals surface area contributed by atoms with E-state index in [-0.39, 0.29) is 11.4 Å². The fraction of sp³-hybridized carbons (Fsp3) is 0.944. The Labute approximate surface area is 158 Å². The molecular weight excluding hydrogens is 336 g/mol. The first-order valence-electron chi connectivity index (χ1n) is 9.54. The minimum Gasteiger partial charge on any atom is -0.387 e.